The zero-order chi connectivity index (χ0) is 24.4. The van der Waals surface area contributed by atoms with Crippen molar-refractivity contribution < 1.29 is 24.2 Å². The standard InChI is InChI=1S/C27H37NO5/c1-18(24-11-6-7-16-28-24)9-8-10-20(3)27-21(4)13-15-25(32-22(5)29)19(2)12-14-23(30)17-26(31)33-27/h6-11,13,15-16,18-19,21,23,25,27,30H,12,14,17H2,1-5H3/b9-8+,15-13-,20-10+/t18-,19+,21-,23-,25-,27+/m0/s1. The molecule has 6 heteroatoms. The lowest BCUT2D eigenvalue weighted by molar-refractivity contribution is -0.151. The Balaban J connectivity index is 2.24. The number of allylic oxidation sites excluding steroid dienone is 3. The van der Waals surface area contributed by atoms with Gasteiger partial charge in [0.05, 0.1) is 12.5 Å². The second-order valence-electron chi connectivity index (χ2n) is 8.98. The largest absolute Gasteiger partial charge is 0.458 e. The molecule has 0 aliphatic carbocycles. The summed E-state index contributed by atoms with van der Waals surface area (Å²) in [5.41, 5.74) is 1.86. The molecule has 1 aromatic heterocycles. The van der Waals surface area contributed by atoms with Crippen molar-refractivity contribution in [1.29, 1.82) is 0 Å². The van der Waals surface area contributed by atoms with Gasteiger partial charge in [-0.1, -0.05) is 51.1 Å². The van der Waals surface area contributed by atoms with E-state index in [9.17, 15) is 14.7 Å². The molecule has 0 bridgehead atoms. The molecule has 6 atom stereocenters. The van der Waals surface area contributed by atoms with Crippen molar-refractivity contribution in [2.45, 2.75) is 78.1 Å². The highest BCUT2D eigenvalue weighted by molar-refractivity contribution is 5.70. The van der Waals surface area contributed by atoms with Crippen LogP contribution in [0.15, 0.2) is 60.3 Å². The van der Waals surface area contributed by atoms with Gasteiger partial charge in [-0.25, -0.2) is 0 Å². The maximum absolute atomic E-state index is 12.5. The third-order valence-corrected chi connectivity index (χ3v) is 5.92. The minimum absolute atomic E-state index is 0.0218. The second kappa shape index (κ2) is 13.1. The molecule has 0 amide bonds. The van der Waals surface area contributed by atoms with Crippen LogP contribution < -0.4 is 0 Å². The van der Waals surface area contributed by atoms with Crippen LogP contribution >= 0.6 is 0 Å². The number of hydrogen-bond donors (Lipinski definition) is 1. The number of carbonyl (C=O) groups is 2. The number of carbonyl (C=O) groups excluding carboxylic acids is 2. The van der Waals surface area contributed by atoms with Crippen LogP contribution in [0, 0.1) is 11.8 Å². The molecule has 0 radical (unpaired) electrons. The van der Waals surface area contributed by atoms with Gasteiger partial charge >= 0.3 is 11.9 Å². The summed E-state index contributed by atoms with van der Waals surface area (Å²) in [6.07, 6.45) is 10.9. The first-order chi connectivity index (χ1) is 15.7. The van der Waals surface area contributed by atoms with Gasteiger partial charge < -0.3 is 14.6 Å². The summed E-state index contributed by atoms with van der Waals surface area (Å²) in [5.74, 6) is -0.742. The van der Waals surface area contributed by atoms with Crippen LogP contribution in [0.3, 0.4) is 0 Å². The van der Waals surface area contributed by atoms with Crippen LogP contribution in [0.2, 0.25) is 0 Å². The molecule has 0 saturated carbocycles. The zero-order valence-electron chi connectivity index (χ0n) is 20.3. The SMILES string of the molecule is CC(=O)O[C@H]1/C=C\[C@H](C)[C@@H](/C(C)=C/C=C/[C@H](C)c2ccccn2)OC(=O)C[C@@H](O)CC[C@H]1C. The monoisotopic (exact) mass is 455 g/mol. The Morgan fingerprint density at radius 1 is 1.24 bits per heavy atom. The average Bonchev–Trinajstić information content (AvgIpc) is 2.77. The number of ether oxygens (including phenoxy) is 2. The van der Waals surface area contributed by atoms with E-state index in [0.29, 0.717) is 12.8 Å². The van der Waals surface area contributed by atoms with Crippen LogP contribution in [0.4, 0.5) is 0 Å². The van der Waals surface area contributed by atoms with Gasteiger partial charge in [-0.2, -0.15) is 0 Å². The molecule has 33 heavy (non-hydrogen) atoms. The first-order valence-corrected chi connectivity index (χ1v) is 11.7. The van der Waals surface area contributed by atoms with Gasteiger partial charge in [0.25, 0.3) is 0 Å². The van der Waals surface area contributed by atoms with E-state index in [1.165, 1.54) is 6.92 Å². The maximum Gasteiger partial charge on any atom is 0.309 e. The highest BCUT2D eigenvalue weighted by Gasteiger charge is 2.26. The predicted molar refractivity (Wildman–Crippen MR) is 128 cm³/mol. The van der Waals surface area contributed by atoms with Crippen LogP contribution in [-0.4, -0.2) is 40.3 Å². The van der Waals surface area contributed by atoms with Gasteiger partial charge in [-0.3, -0.25) is 14.6 Å². The Labute approximate surface area is 197 Å². The molecule has 0 fully saturated rings. The Morgan fingerprint density at radius 2 is 2.00 bits per heavy atom. The Kier molecular flexibility index (Phi) is 10.5. The molecule has 1 aliphatic rings. The molecule has 1 aliphatic heterocycles. The molecular weight excluding hydrogens is 418 g/mol. The Morgan fingerprint density at radius 3 is 2.67 bits per heavy atom. The van der Waals surface area contributed by atoms with Crippen LogP contribution in [0.1, 0.15) is 65.5 Å². The van der Waals surface area contributed by atoms with Crippen molar-refractivity contribution in [2.24, 2.45) is 11.8 Å². The molecule has 1 aromatic rings. The van der Waals surface area contributed by atoms with Crippen LogP contribution in [0.25, 0.3) is 0 Å². The Hall–Kier alpha value is -2.73. The lowest BCUT2D eigenvalue weighted by Crippen LogP contribution is -2.30. The summed E-state index contributed by atoms with van der Waals surface area (Å²) in [6, 6.07) is 5.84. The summed E-state index contributed by atoms with van der Waals surface area (Å²) in [6.45, 7) is 9.33. The summed E-state index contributed by atoms with van der Waals surface area (Å²) < 4.78 is 11.3. The molecule has 0 aromatic carbocycles. The molecule has 1 N–H and O–H groups in total. The van der Waals surface area contributed by atoms with E-state index < -0.39 is 24.3 Å². The number of hydrogen-bond acceptors (Lipinski definition) is 6. The average molecular weight is 456 g/mol. The Bertz CT molecular complexity index is 861. The summed E-state index contributed by atoms with van der Waals surface area (Å²) >= 11 is 0. The van der Waals surface area contributed by atoms with Crippen molar-refractivity contribution in [1.82, 2.24) is 4.98 Å². The normalized spacial score (nSPS) is 29.5. The summed E-state index contributed by atoms with van der Waals surface area (Å²) in [4.78, 5) is 28.5. The first kappa shape index (κ1) is 26.5. The molecule has 2 rings (SSSR count). The number of aliphatic hydroxyl groups excluding tert-OH is 1. The lowest BCUT2D eigenvalue weighted by atomic mass is 9.92. The van der Waals surface area contributed by atoms with E-state index in [1.54, 1.807) is 6.20 Å². The number of esters is 2. The number of nitrogens with zero attached hydrogens (tertiary/aromatic N) is 1. The molecule has 0 spiro atoms. The fraction of sp³-hybridized carbons (Fsp3) is 0.519. The number of aliphatic hydroxyl groups is 1. The van der Waals surface area contributed by atoms with Gasteiger partial charge in [0.2, 0.25) is 0 Å². The minimum atomic E-state index is -0.791. The van der Waals surface area contributed by atoms with E-state index in [1.807, 2.05) is 69.4 Å². The molecule has 2 heterocycles. The number of rotatable bonds is 5. The van der Waals surface area contributed by atoms with Gasteiger partial charge in [0, 0.05) is 30.7 Å². The smallest absolute Gasteiger partial charge is 0.309 e. The topological polar surface area (TPSA) is 85.7 Å². The quantitative estimate of drug-likeness (QED) is 0.386. The maximum atomic E-state index is 12.5. The van der Waals surface area contributed by atoms with Gasteiger partial charge in [0.15, 0.2) is 0 Å². The fourth-order valence-corrected chi connectivity index (χ4v) is 3.85. The van der Waals surface area contributed by atoms with Gasteiger partial charge in [0.1, 0.15) is 12.2 Å². The molecular formula is C27H37NO5. The fourth-order valence-electron chi connectivity index (χ4n) is 3.85. The second-order valence-corrected chi connectivity index (χ2v) is 8.98. The first-order valence-electron chi connectivity index (χ1n) is 11.7. The molecule has 6 nitrogen and oxygen atoms in total. The molecule has 180 valence electrons. The molecule has 0 saturated heterocycles. The minimum Gasteiger partial charge on any atom is -0.458 e. The van der Waals surface area contributed by atoms with Crippen molar-refractivity contribution in [3.05, 3.63) is 66.0 Å². The van der Waals surface area contributed by atoms with E-state index in [0.717, 1.165) is 11.3 Å². The number of aromatic nitrogens is 1. The summed E-state index contributed by atoms with van der Waals surface area (Å²) in [7, 11) is 0. The van der Waals surface area contributed by atoms with Crippen LogP contribution in [-0.2, 0) is 19.1 Å². The third-order valence-electron chi connectivity index (χ3n) is 5.92. The lowest BCUT2D eigenvalue weighted by Gasteiger charge is -2.27. The zero-order valence-corrected chi connectivity index (χ0v) is 20.3. The van der Waals surface area contributed by atoms with Gasteiger partial charge in [-0.15, -0.1) is 0 Å². The molecule has 0 unspecified atom stereocenters. The predicted octanol–water partition coefficient (Wildman–Crippen LogP) is 4.90. The van der Waals surface area contributed by atoms with Crippen molar-refractivity contribution in [2.75, 3.05) is 0 Å². The van der Waals surface area contributed by atoms with Gasteiger partial charge in [-0.05, 0) is 49.5 Å². The summed E-state index contributed by atoms with van der Waals surface area (Å²) in [5, 5.41) is 10.3. The number of pyridine rings is 1. The van der Waals surface area contributed by atoms with E-state index in [2.05, 4.69) is 11.9 Å². The highest BCUT2D eigenvalue weighted by atomic mass is 16.5. The third kappa shape index (κ3) is 8.97. The highest BCUT2D eigenvalue weighted by Crippen LogP contribution is 2.24. The van der Waals surface area contributed by atoms with Crippen molar-refractivity contribution in [3.8, 4) is 0 Å². The van der Waals surface area contributed by atoms with E-state index in [-0.39, 0.29) is 30.1 Å². The van der Waals surface area contributed by atoms with Crippen LogP contribution in [0.5, 0.6) is 0 Å². The van der Waals surface area contributed by atoms with E-state index in [4.69, 9.17) is 9.47 Å². The van der Waals surface area contributed by atoms with Crippen molar-refractivity contribution >= 4 is 11.9 Å². The van der Waals surface area contributed by atoms with Crippen molar-refractivity contribution in [3.63, 3.8) is 0 Å². The number of cyclic esters (lactones) is 1. The van der Waals surface area contributed by atoms with E-state index >= 15 is 0 Å².